The molecule has 0 aliphatic rings. The average Bonchev–Trinajstić information content (AvgIpc) is 2.74. The summed E-state index contributed by atoms with van der Waals surface area (Å²) in [5.41, 5.74) is 6.20. The number of nitrogens with two attached hydrogens (primary N) is 1. The maximum Gasteiger partial charge on any atom is 0.202 e. The van der Waals surface area contributed by atoms with Crippen LogP contribution < -0.4 is 5.73 Å². The second-order valence-corrected chi connectivity index (χ2v) is 5.13. The molecule has 2 aromatic rings. The molecule has 0 spiro atoms. The highest BCUT2D eigenvalue weighted by atomic mass is 35.5. The van der Waals surface area contributed by atoms with Crippen LogP contribution in [0.25, 0.3) is 11.0 Å². The van der Waals surface area contributed by atoms with E-state index in [0.29, 0.717) is 22.9 Å². The molecular formula is C14H16ClNO2. The Kier molecular flexibility index (Phi) is 3.73. The van der Waals surface area contributed by atoms with Gasteiger partial charge in [-0.15, -0.1) is 0 Å². The quantitative estimate of drug-likeness (QED) is 0.861. The van der Waals surface area contributed by atoms with Gasteiger partial charge in [0.25, 0.3) is 0 Å². The molecule has 3 nitrogen and oxygen atoms in total. The van der Waals surface area contributed by atoms with Crippen LogP contribution in [-0.4, -0.2) is 12.3 Å². The van der Waals surface area contributed by atoms with E-state index in [-0.39, 0.29) is 17.6 Å². The van der Waals surface area contributed by atoms with Crippen LogP contribution in [-0.2, 0) is 0 Å². The first-order chi connectivity index (χ1) is 8.54. The molecule has 0 amide bonds. The van der Waals surface area contributed by atoms with Gasteiger partial charge < -0.3 is 10.2 Å². The predicted molar refractivity (Wildman–Crippen MR) is 72.9 cm³/mol. The molecule has 1 atom stereocenters. The standard InChI is InChI=1S/C14H16ClNO2/c1-8(2)10(7-16)13(17)12-6-9-4-3-5-11(15)14(9)18-12/h3-6,8,10H,7,16H2,1-2H3. The molecule has 18 heavy (non-hydrogen) atoms. The lowest BCUT2D eigenvalue weighted by Crippen LogP contribution is -2.28. The fourth-order valence-corrected chi connectivity index (χ4v) is 2.23. The number of halogens is 1. The smallest absolute Gasteiger partial charge is 0.202 e. The number of carbonyl (C=O) groups excluding carboxylic acids is 1. The highest BCUT2D eigenvalue weighted by Crippen LogP contribution is 2.28. The van der Waals surface area contributed by atoms with Gasteiger partial charge in [0.05, 0.1) is 5.02 Å². The minimum atomic E-state index is -0.218. The number of ketones is 1. The van der Waals surface area contributed by atoms with Gasteiger partial charge in [-0.1, -0.05) is 37.6 Å². The molecule has 0 bridgehead atoms. The fraction of sp³-hybridized carbons (Fsp3) is 0.357. The normalized spacial score (nSPS) is 13.2. The summed E-state index contributed by atoms with van der Waals surface area (Å²) in [6.07, 6.45) is 0. The van der Waals surface area contributed by atoms with Gasteiger partial charge >= 0.3 is 0 Å². The maximum absolute atomic E-state index is 12.3. The molecule has 1 unspecified atom stereocenters. The first-order valence-corrected chi connectivity index (χ1v) is 6.34. The highest BCUT2D eigenvalue weighted by molar-refractivity contribution is 6.34. The van der Waals surface area contributed by atoms with Gasteiger partial charge in [-0.05, 0) is 18.1 Å². The van der Waals surface area contributed by atoms with Crippen LogP contribution in [0.5, 0.6) is 0 Å². The van der Waals surface area contributed by atoms with Crippen molar-refractivity contribution in [2.75, 3.05) is 6.54 Å². The molecule has 1 aromatic heterocycles. The monoisotopic (exact) mass is 265 g/mol. The van der Waals surface area contributed by atoms with Gasteiger partial charge in [0.1, 0.15) is 0 Å². The van der Waals surface area contributed by atoms with E-state index in [1.165, 1.54) is 0 Å². The Morgan fingerprint density at radius 1 is 1.44 bits per heavy atom. The predicted octanol–water partition coefficient (Wildman–Crippen LogP) is 3.50. The summed E-state index contributed by atoms with van der Waals surface area (Å²) in [5.74, 6) is 0.248. The van der Waals surface area contributed by atoms with Crippen molar-refractivity contribution in [2.24, 2.45) is 17.6 Å². The number of furan rings is 1. The number of para-hydroxylation sites is 1. The van der Waals surface area contributed by atoms with Gasteiger partial charge in [0, 0.05) is 17.8 Å². The second-order valence-electron chi connectivity index (χ2n) is 4.72. The first kappa shape index (κ1) is 13.1. The van der Waals surface area contributed by atoms with Gasteiger partial charge in [-0.25, -0.2) is 0 Å². The summed E-state index contributed by atoms with van der Waals surface area (Å²) in [6, 6.07) is 7.17. The van der Waals surface area contributed by atoms with Crippen molar-refractivity contribution in [2.45, 2.75) is 13.8 Å². The highest BCUT2D eigenvalue weighted by Gasteiger charge is 2.25. The fourth-order valence-electron chi connectivity index (χ4n) is 2.01. The third-order valence-corrected chi connectivity index (χ3v) is 3.43. The molecule has 4 heteroatoms. The second kappa shape index (κ2) is 5.12. The lowest BCUT2D eigenvalue weighted by Gasteiger charge is -2.15. The molecule has 0 saturated heterocycles. The number of fused-ring (bicyclic) bond motifs is 1. The van der Waals surface area contributed by atoms with Crippen LogP contribution in [0.3, 0.4) is 0 Å². The summed E-state index contributed by atoms with van der Waals surface area (Å²) in [5, 5.41) is 1.35. The minimum Gasteiger partial charge on any atom is -0.451 e. The Morgan fingerprint density at radius 3 is 2.72 bits per heavy atom. The number of hydrogen-bond donors (Lipinski definition) is 1. The van der Waals surface area contributed by atoms with Crippen LogP contribution in [0.2, 0.25) is 5.02 Å². The molecule has 0 aliphatic carbocycles. The van der Waals surface area contributed by atoms with Gasteiger partial charge in [-0.2, -0.15) is 0 Å². The van der Waals surface area contributed by atoms with E-state index in [1.54, 1.807) is 12.1 Å². The van der Waals surface area contributed by atoms with E-state index in [4.69, 9.17) is 21.8 Å². The van der Waals surface area contributed by atoms with Crippen molar-refractivity contribution >= 4 is 28.4 Å². The molecule has 96 valence electrons. The van der Waals surface area contributed by atoms with Crippen LogP contribution in [0.15, 0.2) is 28.7 Å². The van der Waals surface area contributed by atoms with Crippen molar-refractivity contribution in [3.63, 3.8) is 0 Å². The Labute approximate surface area is 111 Å². The largest absolute Gasteiger partial charge is 0.451 e. The lowest BCUT2D eigenvalue weighted by atomic mass is 9.90. The lowest BCUT2D eigenvalue weighted by molar-refractivity contribution is 0.0865. The number of hydrogen-bond acceptors (Lipinski definition) is 3. The van der Waals surface area contributed by atoms with Crippen LogP contribution in [0.4, 0.5) is 0 Å². The number of carbonyl (C=O) groups is 1. The van der Waals surface area contributed by atoms with Crippen molar-refractivity contribution in [3.8, 4) is 0 Å². The summed E-state index contributed by atoms with van der Waals surface area (Å²) in [6.45, 7) is 4.28. The van der Waals surface area contributed by atoms with Gasteiger partial charge in [0.15, 0.2) is 11.3 Å². The molecule has 0 fully saturated rings. The maximum atomic E-state index is 12.3. The molecule has 2 N–H and O–H groups in total. The topological polar surface area (TPSA) is 56.2 Å². The minimum absolute atomic E-state index is 0.0558. The SMILES string of the molecule is CC(C)C(CN)C(=O)c1cc2cccc(Cl)c2o1. The van der Waals surface area contributed by atoms with Crippen LogP contribution >= 0.6 is 11.6 Å². The van der Waals surface area contributed by atoms with E-state index < -0.39 is 0 Å². The molecule has 1 heterocycles. The Morgan fingerprint density at radius 2 is 2.17 bits per heavy atom. The zero-order chi connectivity index (χ0) is 13.3. The molecule has 0 saturated carbocycles. The average molecular weight is 266 g/mol. The van der Waals surface area contributed by atoms with E-state index in [0.717, 1.165) is 5.39 Å². The van der Waals surface area contributed by atoms with E-state index in [1.807, 2.05) is 26.0 Å². The Balaban J connectivity index is 2.42. The Bertz CT molecular complexity index is 574. The number of Topliss-reactive ketones (excluding diaryl/α,β-unsaturated/α-hetero) is 1. The van der Waals surface area contributed by atoms with E-state index in [2.05, 4.69) is 0 Å². The first-order valence-electron chi connectivity index (χ1n) is 5.97. The van der Waals surface area contributed by atoms with Crippen molar-refractivity contribution in [1.82, 2.24) is 0 Å². The molecule has 1 aromatic carbocycles. The zero-order valence-electron chi connectivity index (χ0n) is 10.4. The van der Waals surface area contributed by atoms with Crippen molar-refractivity contribution in [3.05, 3.63) is 35.0 Å². The van der Waals surface area contributed by atoms with E-state index in [9.17, 15) is 4.79 Å². The third-order valence-electron chi connectivity index (χ3n) is 3.13. The summed E-state index contributed by atoms with van der Waals surface area (Å²) in [4.78, 5) is 12.3. The molecule has 2 rings (SSSR count). The molecule has 0 aliphatic heterocycles. The molecule has 0 radical (unpaired) electrons. The Hall–Kier alpha value is -1.32. The van der Waals surface area contributed by atoms with Crippen molar-refractivity contribution in [1.29, 1.82) is 0 Å². The summed E-state index contributed by atoms with van der Waals surface area (Å²) in [7, 11) is 0. The summed E-state index contributed by atoms with van der Waals surface area (Å²) >= 11 is 6.02. The van der Waals surface area contributed by atoms with Crippen LogP contribution in [0.1, 0.15) is 24.4 Å². The van der Waals surface area contributed by atoms with E-state index >= 15 is 0 Å². The molecular weight excluding hydrogens is 250 g/mol. The van der Waals surface area contributed by atoms with Crippen LogP contribution in [0, 0.1) is 11.8 Å². The van der Waals surface area contributed by atoms with Gasteiger partial charge in [0.2, 0.25) is 5.78 Å². The number of rotatable bonds is 4. The number of benzene rings is 1. The zero-order valence-corrected chi connectivity index (χ0v) is 11.2. The van der Waals surface area contributed by atoms with Gasteiger partial charge in [-0.3, -0.25) is 4.79 Å². The third kappa shape index (κ3) is 2.28. The summed E-state index contributed by atoms with van der Waals surface area (Å²) < 4.78 is 5.56. The van der Waals surface area contributed by atoms with Crippen molar-refractivity contribution < 1.29 is 9.21 Å².